The van der Waals surface area contributed by atoms with Crippen molar-refractivity contribution in [1.29, 1.82) is 0 Å². The second-order valence-corrected chi connectivity index (χ2v) is 7.19. The molecule has 0 saturated heterocycles. The molecule has 5 N–H and O–H groups in total. The van der Waals surface area contributed by atoms with Crippen LogP contribution in [0.2, 0.25) is 0 Å². The van der Waals surface area contributed by atoms with Gasteiger partial charge in [0.25, 0.3) is 5.91 Å². The van der Waals surface area contributed by atoms with E-state index in [1.54, 1.807) is 30.3 Å². The quantitative estimate of drug-likeness (QED) is 0.402. The van der Waals surface area contributed by atoms with Crippen LogP contribution in [0.1, 0.15) is 6.42 Å². The number of nitrogens with one attached hydrogen (secondary N) is 1. The first-order valence-electron chi connectivity index (χ1n) is 10.1. The number of nitrogens with zero attached hydrogens (tertiary/aromatic N) is 1. The zero-order chi connectivity index (χ0) is 24.8. The molecule has 11 heteroatoms. The van der Waals surface area contributed by atoms with E-state index in [0.717, 1.165) is 0 Å². The Labute approximate surface area is 195 Å². The Morgan fingerprint density at radius 3 is 2.21 bits per heavy atom. The Bertz CT molecular complexity index is 1170. The number of methoxy groups -OCH3 is 4. The molecule has 1 heterocycles. The molecule has 1 unspecified atom stereocenters. The summed E-state index contributed by atoms with van der Waals surface area (Å²) in [5.74, 6) is 0.0768. The Balaban J connectivity index is 2.02. The molecule has 1 atom stereocenters. The van der Waals surface area contributed by atoms with E-state index in [9.17, 15) is 9.59 Å². The van der Waals surface area contributed by atoms with Crippen molar-refractivity contribution < 1.29 is 43.9 Å². The third-order valence-corrected chi connectivity index (χ3v) is 5.07. The van der Waals surface area contributed by atoms with Gasteiger partial charge in [-0.1, -0.05) is 11.2 Å². The van der Waals surface area contributed by atoms with Gasteiger partial charge < -0.3 is 39.6 Å². The predicted octanol–water partition coefficient (Wildman–Crippen LogP) is 2.07. The van der Waals surface area contributed by atoms with E-state index in [-0.39, 0.29) is 0 Å². The van der Waals surface area contributed by atoms with Crippen molar-refractivity contribution in [3.05, 3.63) is 36.6 Å². The van der Waals surface area contributed by atoms with Crippen LogP contribution in [0, 0.1) is 0 Å². The Hall–Kier alpha value is -4.25. The first kappa shape index (κ1) is 24.4. The fraction of sp³-hybridized carbons (Fsp3) is 0.261. The molecule has 0 spiro atoms. The zero-order valence-corrected chi connectivity index (χ0v) is 19.2. The standard InChI is InChI=1S/C23H25N3O8/c1-30-17-6-5-12(7-16(17)25-23(29)15(24)10-20(27)28)14-11-34-26-21(14)13-8-18(31-2)22(33-4)19(9-13)32-3/h5-9,11,15H,10,24H2,1-4H3,(H,25,29)(H,27,28)/p+1. The van der Waals surface area contributed by atoms with Crippen molar-refractivity contribution in [3.63, 3.8) is 0 Å². The van der Waals surface area contributed by atoms with E-state index in [1.165, 1.54) is 34.7 Å². The number of benzene rings is 2. The lowest BCUT2D eigenvalue weighted by atomic mass is 10.0. The van der Waals surface area contributed by atoms with E-state index >= 15 is 0 Å². The average molecular weight is 472 g/mol. The van der Waals surface area contributed by atoms with Gasteiger partial charge in [0.15, 0.2) is 17.5 Å². The van der Waals surface area contributed by atoms with Gasteiger partial charge in [-0.25, -0.2) is 0 Å². The number of ether oxygens (including phenoxy) is 4. The summed E-state index contributed by atoms with van der Waals surface area (Å²) in [5.41, 5.74) is 6.41. The largest absolute Gasteiger partial charge is 0.495 e. The molecule has 0 radical (unpaired) electrons. The highest BCUT2D eigenvalue weighted by atomic mass is 16.5. The highest BCUT2D eigenvalue weighted by molar-refractivity contribution is 5.97. The summed E-state index contributed by atoms with van der Waals surface area (Å²) in [6.07, 6.45) is 1.07. The molecule has 0 saturated carbocycles. The number of carboxylic acids is 1. The first-order valence-corrected chi connectivity index (χ1v) is 10.1. The van der Waals surface area contributed by atoms with E-state index in [1.807, 2.05) is 0 Å². The van der Waals surface area contributed by atoms with Crippen LogP contribution in [0.4, 0.5) is 5.69 Å². The van der Waals surface area contributed by atoms with Gasteiger partial charge in [-0.3, -0.25) is 9.59 Å². The lowest BCUT2D eigenvalue weighted by molar-refractivity contribution is -0.401. The van der Waals surface area contributed by atoms with Gasteiger partial charge in [0.05, 0.1) is 34.1 Å². The second kappa shape index (κ2) is 10.6. The smallest absolute Gasteiger partial charge is 0.309 e. The Morgan fingerprint density at radius 2 is 1.65 bits per heavy atom. The summed E-state index contributed by atoms with van der Waals surface area (Å²) in [5, 5.41) is 15.8. The van der Waals surface area contributed by atoms with Gasteiger partial charge in [0, 0.05) is 11.1 Å². The molecule has 0 bridgehead atoms. The summed E-state index contributed by atoms with van der Waals surface area (Å²) in [6.45, 7) is 0. The van der Waals surface area contributed by atoms with E-state index < -0.39 is 24.3 Å². The molecular weight excluding hydrogens is 446 g/mol. The molecule has 3 aromatic rings. The van der Waals surface area contributed by atoms with Crippen LogP contribution in [-0.4, -0.2) is 56.6 Å². The molecule has 1 amide bonds. The van der Waals surface area contributed by atoms with Crippen molar-refractivity contribution in [2.45, 2.75) is 12.5 Å². The highest BCUT2D eigenvalue weighted by Crippen LogP contribution is 2.43. The maximum atomic E-state index is 12.4. The molecule has 11 nitrogen and oxygen atoms in total. The van der Waals surface area contributed by atoms with Crippen LogP contribution < -0.4 is 30.0 Å². The van der Waals surface area contributed by atoms with Crippen molar-refractivity contribution in [1.82, 2.24) is 5.16 Å². The zero-order valence-electron chi connectivity index (χ0n) is 19.2. The molecule has 0 aliphatic carbocycles. The number of quaternary nitrogens is 1. The fourth-order valence-electron chi connectivity index (χ4n) is 3.38. The normalized spacial score (nSPS) is 11.4. The first-order chi connectivity index (χ1) is 16.3. The van der Waals surface area contributed by atoms with Crippen LogP contribution in [0.5, 0.6) is 23.0 Å². The monoisotopic (exact) mass is 472 g/mol. The summed E-state index contributed by atoms with van der Waals surface area (Å²) < 4.78 is 26.8. The van der Waals surface area contributed by atoms with Gasteiger partial charge in [-0.15, -0.1) is 0 Å². The van der Waals surface area contributed by atoms with Gasteiger partial charge in [-0.05, 0) is 29.8 Å². The maximum absolute atomic E-state index is 12.4. The topological polar surface area (TPSA) is 157 Å². The number of carbonyl (C=O) groups excluding carboxylic acids is 1. The van der Waals surface area contributed by atoms with Crippen LogP contribution in [-0.2, 0) is 9.59 Å². The summed E-state index contributed by atoms with van der Waals surface area (Å²) in [4.78, 5) is 23.4. The van der Waals surface area contributed by atoms with Crippen LogP contribution in [0.3, 0.4) is 0 Å². The number of hydrogen-bond donors (Lipinski definition) is 3. The minimum Gasteiger partial charge on any atom is -0.495 e. The molecule has 0 aliphatic heterocycles. The average Bonchev–Trinajstić information content (AvgIpc) is 3.32. The van der Waals surface area contributed by atoms with Gasteiger partial charge in [0.1, 0.15) is 24.1 Å². The Kier molecular flexibility index (Phi) is 7.59. The molecular formula is C23H26N3O8+. The second-order valence-electron chi connectivity index (χ2n) is 7.19. The van der Waals surface area contributed by atoms with Crippen molar-refractivity contribution in [2.75, 3.05) is 33.8 Å². The van der Waals surface area contributed by atoms with Crippen molar-refractivity contribution in [2.24, 2.45) is 0 Å². The lowest BCUT2D eigenvalue weighted by Gasteiger charge is -2.15. The van der Waals surface area contributed by atoms with Crippen LogP contribution >= 0.6 is 0 Å². The highest BCUT2D eigenvalue weighted by Gasteiger charge is 2.23. The minimum absolute atomic E-state index is 0.348. The third-order valence-electron chi connectivity index (χ3n) is 5.07. The summed E-state index contributed by atoms with van der Waals surface area (Å²) in [6, 6.07) is 7.64. The number of carboxylic acid groups (broad SMARTS) is 1. The third kappa shape index (κ3) is 5.04. The van der Waals surface area contributed by atoms with E-state index in [0.29, 0.717) is 51.1 Å². The molecule has 0 fully saturated rings. The van der Waals surface area contributed by atoms with Crippen LogP contribution in [0.15, 0.2) is 41.1 Å². The number of carbonyl (C=O) groups is 2. The minimum atomic E-state index is -1.12. The van der Waals surface area contributed by atoms with Crippen LogP contribution in [0.25, 0.3) is 22.4 Å². The summed E-state index contributed by atoms with van der Waals surface area (Å²) >= 11 is 0. The number of hydrogen-bond acceptors (Lipinski definition) is 8. The number of aromatic nitrogens is 1. The molecule has 3 rings (SSSR count). The summed E-state index contributed by atoms with van der Waals surface area (Å²) in [7, 11) is 6.01. The molecule has 34 heavy (non-hydrogen) atoms. The number of amides is 1. The molecule has 2 aromatic carbocycles. The maximum Gasteiger partial charge on any atom is 0.309 e. The molecule has 180 valence electrons. The molecule has 1 aromatic heterocycles. The molecule has 0 aliphatic rings. The SMILES string of the molecule is COc1ccc(-c2conc2-c2cc(OC)c(OC)c(OC)c2)cc1NC(=O)C([NH3+])CC(=O)O. The number of rotatable bonds is 10. The number of anilines is 1. The van der Waals surface area contributed by atoms with Crippen molar-refractivity contribution in [3.8, 4) is 45.4 Å². The van der Waals surface area contributed by atoms with E-state index in [2.05, 4.69) is 16.2 Å². The van der Waals surface area contributed by atoms with Gasteiger partial charge in [-0.2, -0.15) is 0 Å². The fourth-order valence-corrected chi connectivity index (χ4v) is 3.38. The van der Waals surface area contributed by atoms with E-state index in [4.69, 9.17) is 28.6 Å². The lowest BCUT2D eigenvalue weighted by Crippen LogP contribution is -2.66. The van der Waals surface area contributed by atoms with Gasteiger partial charge in [0.2, 0.25) is 5.75 Å². The number of aliphatic carboxylic acids is 1. The van der Waals surface area contributed by atoms with Crippen molar-refractivity contribution >= 4 is 17.6 Å². The Morgan fingerprint density at radius 1 is 1.00 bits per heavy atom. The predicted molar refractivity (Wildman–Crippen MR) is 121 cm³/mol. The van der Waals surface area contributed by atoms with Gasteiger partial charge >= 0.3 is 5.97 Å².